The minimum atomic E-state index is -0.510. The van der Waals surface area contributed by atoms with Crippen molar-refractivity contribution in [3.05, 3.63) is 348 Å². The van der Waals surface area contributed by atoms with Crippen molar-refractivity contribution in [3.63, 3.8) is 0 Å². The lowest BCUT2D eigenvalue weighted by molar-refractivity contribution is 0.660. The Bertz CT molecular complexity index is 4650. The molecule has 4 aliphatic carbocycles. The quantitative estimate of drug-likeness (QED) is 0.142. The second-order valence-electron chi connectivity index (χ2n) is 25.1. The second-order valence-corrected chi connectivity index (χ2v) is 25.1. The van der Waals surface area contributed by atoms with E-state index in [0.29, 0.717) is 0 Å². The van der Waals surface area contributed by atoms with Gasteiger partial charge in [-0.3, -0.25) is 0 Å². The van der Waals surface area contributed by atoms with Gasteiger partial charge in [-0.2, -0.15) is 0 Å². The average Bonchev–Trinajstić information content (AvgIpc) is 1.53. The van der Waals surface area contributed by atoms with Gasteiger partial charge in [-0.05, 0) is 166 Å². The van der Waals surface area contributed by atoms with E-state index in [0.717, 1.165) is 39.7 Å². The molecule has 0 radical (unpaired) electrons. The average molecular weight is 1110 g/mol. The van der Waals surface area contributed by atoms with E-state index < -0.39 is 5.41 Å². The van der Waals surface area contributed by atoms with E-state index in [4.69, 9.17) is 0 Å². The Morgan fingerprint density at radius 1 is 0.207 bits per heavy atom. The van der Waals surface area contributed by atoms with Gasteiger partial charge >= 0.3 is 0 Å². The predicted molar refractivity (Wildman–Crippen MR) is 364 cm³/mol. The zero-order valence-electron chi connectivity index (χ0n) is 49.3. The molecular formula is C85H62N2. The van der Waals surface area contributed by atoms with Gasteiger partial charge < -0.3 is 9.80 Å². The van der Waals surface area contributed by atoms with Crippen LogP contribution >= 0.6 is 0 Å². The molecule has 0 unspecified atom stereocenters. The van der Waals surface area contributed by atoms with Crippen LogP contribution in [0.25, 0.3) is 77.9 Å². The van der Waals surface area contributed by atoms with Gasteiger partial charge in [-0.25, -0.2) is 0 Å². The van der Waals surface area contributed by atoms with E-state index >= 15 is 0 Å². The van der Waals surface area contributed by atoms with E-state index in [-0.39, 0.29) is 10.8 Å². The van der Waals surface area contributed by atoms with Gasteiger partial charge in [0.15, 0.2) is 0 Å². The van der Waals surface area contributed by atoms with Crippen LogP contribution in [0.3, 0.4) is 0 Å². The molecule has 13 aromatic carbocycles. The summed E-state index contributed by atoms with van der Waals surface area (Å²) < 4.78 is 0. The van der Waals surface area contributed by atoms with Crippen molar-refractivity contribution < 1.29 is 0 Å². The molecule has 0 saturated carbocycles. The van der Waals surface area contributed by atoms with Crippen molar-refractivity contribution in [2.24, 2.45) is 0 Å². The summed E-state index contributed by atoms with van der Waals surface area (Å²) in [7, 11) is 0. The second kappa shape index (κ2) is 19.2. The zero-order valence-corrected chi connectivity index (χ0v) is 49.3. The first kappa shape index (κ1) is 50.9. The highest BCUT2D eigenvalue weighted by Gasteiger charge is 2.52. The fourth-order valence-corrected chi connectivity index (χ4v) is 16.0. The van der Waals surface area contributed by atoms with Crippen molar-refractivity contribution in [3.8, 4) is 77.9 Å². The minimum Gasteiger partial charge on any atom is -0.310 e. The lowest BCUT2D eigenvalue weighted by Gasteiger charge is -2.33. The normalized spacial score (nSPS) is 14.3. The number of benzene rings is 13. The Hall–Kier alpha value is -10.5. The Kier molecular flexibility index (Phi) is 11.3. The van der Waals surface area contributed by atoms with Crippen LogP contribution in [-0.2, 0) is 16.2 Å². The fraction of sp³-hybridized carbons (Fsp3) is 0.0824. The molecule has 0 N–H and O–H groups in total. The van der Waals surface area contributed by atoms with Crippen LogP contribution in [0, 0.1) is 0 Å². The number of rotatable bonds is 9. The first-order valence-electron chi connectivity index (χ1n) is 30.7. The van der Waals surface area contributed by atoms with Crippen LogP contribution in [0.15, 0.2) is 303 Å². The van der Waals surface area contributed by atoms with Crippen molar-refractivity contribution >= 4 is 34.1 Å². The third-order valence-electron chi connectivity index (χ3n) is 19.9. The van der Waals surface area contributed by atoms with Crippen molar-refractivity contribution in [2.75, 3.05) is 9.80 Å². The van der Waals surface area contributed by atoms with Gasteiger partial charge in [0.05, 0.1) is 16.8 Å². The summed E-state index contributed by atoms with van der Waals surface area (Å²) in [5.41, 5.74) is 33.5. The number of hydrogen-bond acceptors (Lipinski definition) is 2. The van der Waals surface area contributed by atoms with Crippen LogP contribution < -0.4 is 9.80 Å². The van der Waals surface area contributed by atoms with Gasteiger partial charge in [0.1, 0.15) is 0 Å². The zero-order chi connectivity index (χ0) is 58.2. The molecule has 0 saturated heterocycles. The summed E-state index contributed by atoms with van der Waals surface area (Å²) >= 11 is 0. The highest BCUT2D eigenvalue weighted by molar-refractivity contribution is 6.03. The van der Waals surface area contributed by atoms with Gasteiger partial charge in [-0.15, -0.1) is 0 Å². The molecule has 87 heavy (non-hydrogen) atoms. The molecule has 4 aliphatic rings. The van der Waals surface area contributed by atoms with E-state index in [9.17, 15) is 0 Å². The topological polar surface area (TPSA) is 6.48 Å². The summed E-state index contributed by atoms with van der Waals surface area (Å²) in [5.74, 6) is 0. The van der Waals surface area contributed by atoms with Crippen LogP contribution in [0.5, 0.6) is 0 Å². The van der Waals surface area contributed by atoms with Crippen LogP contribution in [0.2, 0.25) is 0 Å². The lowest BCUT2D eigenvalue weighted by Crippen LogP contribution is -2.25. The minimum absolute atomic E-state index is 0.219. The molecule has 17 rings (SSSR count). The molecular weight excluding hydrogens is 1050 g/mol. The lowest BCUT2D eigenvalue weighted by atomic mass is 9.70. The maximum absolute atomic E-state index is 2.56. The molecule has 0 atom stereocenters. The van der Waals surface area contributed by atoms with Crippen LogP contribution in [0.1, 0.15) is 72.2 Å². The van der Waals surface area contributed by atoms with Gasteiger partial charge in [0, 0.05) is 44.7 Å². The van der Waals surface area contributed by atoms with Crippen molar-refractivity contribution in [1.29, 1.82) is 0 Å². The highest BCUT2D eigenvalue weighted by Crippen LogP contribution is 2.65. The van der Waals surface area contributed by atoms with E-state index in [2.05, 4.69) is 341 Å². The monoisotopic (exact) mass is 1110 g/mol. The van der Waals surface area contributed by atoms with Gasteiger partial charge in [-0.1, -0.05) is 276 Å². The fourth-order valence-electron chi connectivity index (χ4n) is 16.0. The SMILES string of the molecule is CC1(C)c2ccccc2-c2c(N(c3ccc(-c4ccccc4)cc3)c3cc(-c4cccc5c4-c4ccccc4C54c5ccccc5-c5ccccc54)cc(N(c4ccc(-c5ccccc5)cc4)c4cccc5c4-c4ccccc4C5(C)C)c3)cccc21. The molecule has 0 bridgehead atoms. The molecule has 0 fully saturated rings. The van der Waals surface area contributed by atoms with Gasteiger partial charge in [0.2, 0.25) is 0 Å². The maximum atomic E-state index is 2.56. The Morgan fingerprint density at radius 2 is 0.529 bits per heavy atom. The molecule has 0 amide bonds. The standard InChI is InChI=1S/C85H62N2/c1-83(2)70-34-16-13-30-67(70)81-75(83)39-22-42-78(81)86(60-48-44-57(45-49-60)55-24-7-5-8-25-55)62-52-59(64-33-21-41-77-80(64)69-32-15-20-38-74(69)85(77)72-36-18-11-28-65(72)66-29-12-19-37-73(66)85)53-63(54-62)87(61-50-46-58(47-51-61)56-26-9-6-10-27-56)79-43-23-40-76-82(79)68-31-14-17-35-71(68)84(76,3)4/h5-54H,1-4H3. The van der Waals surface area contributed by atoms with Crippen LogP contribution in [0.4, 0.5) is 34.1 Å². The summed E-state index contributed by atoms with van der Waals surface area (Å²) in [6.45, 7) is 9.55. The molecule has 2 nitrogen and oxygen atoms in total. The number of hydrogen-bond donors (Lipinski definition) is 0. The summed E-state index contributed by atoms with van der Waals surface area (Å²) in [6.07, 6.45) is 0. The highest BCUT2D eigenvalue weighted by atomic mass is 15.2. The van der Waals surface area contributed by atoms with Crippen molar-refractivity contribution in [1.82, 2.24) is 0 Å². The summed E-state index contributed by atoms with van der Waals surface area (Å²) in [5, 5.41) is 0. The molecule has 412 valence electrons. The Balaban J connectivity index is 0.983. The number of nitrogens with zero attached hydrogens (tertiary/aromatic N) is 2. The van der Waals surface area contributed by atoms with Gasteiger partial charge in [0.25, 0.3) is 0 Å². The summed E-state index contributed by atoms with van der Waals surface area (Å²) in [6, 6.07) is 114. The Morgan fingerprint density at radius 3 is 0.977 bits per heavy atom. The smallest absolute Gasteiger partial charge is 0.0725 e. The Labute approximate surface area is 510 Å². The molecule has 1 spiro atoms. The largest absolute Gasteiger partial charge is 0.310 e. The maximum Gasteiger partial charge on any atom is 0.0725 e. The number of anilines is 6. The molecule has 0 heterocycles. The first-order valence-corrected chi connectivity index (χ1v) is 30.7. The predicted octanol–water partition coefficient (Wildman–Crippen LogP) is 22.6. The first-order chi connectivity index (χ1) is 42.7. The molecule has 2 heteroatoms. The van der Waals surface area contributed by atoms with E-state index in [1.807, 2.05) is 0 Å². The van der Waals surface area contributed by atoms with Crippen LogP contribution in [-0.4, -0.2) is 0 Å². The van der Waals surface area contributed by atoms with Crippen molar-refractivity contribution in [2.45, 2.75) is 43.9 Å². The van der Waals surface area contributed by atoms with E-state index in [1.165, 1.54) is 117 Å². The number of fused-ring (bicyclic) bond motifs is 16. The third kappa shape index (κ3) is 7.41. The van der Waals surface area contributed by atoms with E-state index in [1.54, 1.807) is 0 Å². The summed E-state index contributed by atoms with van der Waals surface area (Å²) in [4.78, 5) is 5.12. The molecule has 0 aliphatic heterocycles. The third-order valence-corrected chi connectivity index (χ3v) is 19.9. The molecule has 0 aromatic heterocycles. The molecule has 13 aromatic rings.